The van der Waals surface area contributed by atoms with Crippen molar-refractivity contribution in [2.24, 2.45) is 0 Å². The van der Waals surface area contributed by atoms with Crippen LogP contribution >= 0.6 is 0 Å². The average Bonchev–Trinajstić information content (AvgIpc) is 2.38. The Morgan fingerprint density at radius 1 is 0.947 bits per heavy atom. The van der Waals surface area contributed by atoms with E-state index in [2.05, 4.69) is 0 Å². The molecule has 0 saturated heterocycles. The minimum Gasteiger partial charge on any atom is -0.399 e. The first-order valence-corrected chi connectivity index (χ1v) is 7.95. The highest BCUT2D eigenvalue weighted by Crippen LogP contribution is 2.14. The van der Waals surface area contributed by atoms with Crippen molar-refractivity contribution in [3.8, 4) is 0 Å². The van der Waals surface area contributed by atoms with Crippen molar-refractivity contribution in [3.05, 3.63) is 29.8 Å². The molecule has 0 heterocycles. The number of rotatable bonds is 7. The van der Waals surface area contributed by atoms with Crippen LogP contribution < -0.4 is 5.73 Å². The van der Waals surface area contributed by atoms with Crippen molar-refractivity contribution in [2.45, 2.75) is 27.3 Å². The van der Waals surface area contributed by atoms with Gasteiger partial charge in [0.05, 0.1) is 0 Å². The fraction of sp³-hybridized carbons (Fsp3) is 0.538. The summed E-state index contributed by atoms with van der Waals surface area (Å²) >= 11 is 0. The molecule has 0 aliphatic carbocycles. The maximum Gasteiger partial charge on any atom is 0.282 e. The molecule has 0 bridgehead atoms. The molecule has 0 fully saturated rings. The van der Waals surface area contributed by atoms with E-state index in [1.54, 1.807) is 12.1 Å². The van der Waals surface area contributed by atoms with Crippen LogP contribution in [0.3, 0.4) is 0 Å². The Hall–Kier alpha value is -1.11. The Kier molecular flexibility index (Phi) is 5.78. The average molecular weight is 285 g/mol. The third kappa shape index (κ3) is 3.92. The van der Waals surface area contributed by atoms with Gasteiger partial charge in [0.15, 0.2) is 0 Å². The van der Waals surface area contributed by atoms with Crippen LogP contribution in [0, 0.1) is 0 Å². The normalized spacial score (nSPS) is 12.3. The van der Waals surface area contributed by atoms with Crippen molar-refractivity contribution in [1.29, 1.82) is 0 Å². The number of nitrogens with zero attached hydrogens (tertiary/aromatic N) is 2. The molecule has 0 aliphatic heterocycles. The molecule has 0 amide bonds. The molecule has 108 valence electrons. The molecule has 0 aliphatic rings. The minimum atomic E-state index is -3.39. The topological polar surface area (TPSA) is 66.6 Å². The van der Waals surface area contributed by atoms with E-state index in [0.29, 0.717) is 31.9 Å². The van der Waals surface area contributed by atoms with Crippen LogP contribution in [0.25, 0.3) is 0 Å². The molecular weight excluding hydrogens is 262 g/mol. The predicted molar refractivity (Wildman–Crippen MR) is 78.8 cm³/mol. The van der Waals surface area contributed by atoms with Crippen LogP contribution in [-0.4, -0.2) is 36.7 Å². The number of benzene rings is 1. The second-order valence-electron chi connectivity index (χ2n) is 4.26. The van der Waals surface area contributed by atoms with Gasteiger partial charge in [-0.3, -0.25) is 0 Å². The summed E-state index contributed by atoms with van der Waals surface area (Å²) in [6.45, 7) is 7.32. The van der Waals surface area contributed by atoms with Gasteiger partial charge in [-0.1, -0.05) is 32.9 Å². The number of hydrogen-bond acceptors (Lipinski definition) is 3. The van der Waals surface area contributed by atoms with Crippen LogP contribution in [-0.2, 0) is 16.8 Å². The van der Waals surface area contributed by atoms with Gasteiger partial charge in [0, 0.05) is 31.9 Å². The monoisotopic (exact) mass is 285 g/mol. The van der Waals surface area contributed by atoms with Gasteiger partial charge < -0.3 is 5.73 Å². The standard InChI is InChI=1S/C13H23N3O2S/c1-4-15(5-2)19(17,18)16(6-3)11-12-7-9-13(14)10-8-12/h7-10H,4-6,11,14H2,1-3H3. The maximum absolute atomic E-state index is 12.4. The molecule has 1 aromatic rings. The number of nitrogen functional groups attached to an aromatic ring is 1. The lowest BCUT2D eigenvalue weighted by molar-refractivity contribution is 0.353. The Bertz CT molecular complexity index is 481. The van der Waals surface area contributed by atoms with Gasteiger partial charge in [-0.15, -0.1) is 0 Å². The molecule has 0 radical (unpaired) electrons. The molecule has 0 atom stereocenters. The Labute approximate surface area is 116 Å². The molecule has 2 N–H and O–H groups in total. The zero-order chi connectivity index (χ0) is 14.5. The second kappa shape index (κ2) is 6.88. The van der Waals surface area contributed by atoms with Crippen molar-refractivity contribution < 1.29 is 8.42 Å². The molecule has 0 saturated carbocycles. The zero-order valence-corrected chi connectivity index (χ0v) is 12.7. The first-order valence-electron chi connectivity index (χ1n) is 6.55. The first-order chi connectivity index (χ1) is 8.95. The number of hydrogen-bond donors (Lipinski definition) is 1. The van der Waals surface area contributed by atoms with Crippen molar-refractivity contribution in [3.63, 3.8) is 0 Å². The molecule has 0 spiro atoms. The lowest BCUT2D eigenvalue weighted by Gasteiger charge is -2.27. The molecule has 0 unspecified atom stereocenters. The third-order valence-corrected chi connectivity index (χ3v) is 5.26. The number of anilines is 1. The van der Waals surface area contributed by atoms with Crippen LogP contribution in [0.15, 0.2) is 24.3 Å². The molecule has 5 nitrogen and oxygen atoms in total. The molecular formula is C13H23N3O2S. The number of nitrogens with two attached hydrogens (primary N) is 1. The summed E-state index contributed by atoms with van der Waals surface area (Å²) in [5, 5.41) is 0. The van der Waals surface area contributed by atoms with E-state index in [4.69, 9.17) is 5.73 Å². The third-order valence-electron chi connectivity index (χ3n) is 3.05. The van der Waals surface area contributed by atoms with E-state index in [1.165, 1.54) is 8.61 Å². The maximum atomic E-state index is 12.4. The Morgan fingerprint density at radius 2 is 1.42 bits per heavy atom. The van der Waals surface area contributed by atoms with Gasteiger partial charge in [-0.05, 0) is 17.7 Å². The highest BCUT2D eigenvalue weighted by atomic mass is 32.2. The van der Waals surface area contributed by atoms with Gasteiger partial charge in [-0.2, -0.15) is 17.0 Å². The first kappa shape index (κ1) is 15.9. The van der Waals surface area contributed by atoms with E-state index in [-0.39, 0.29) is 0 Å². The van der Waals surface area contributed by atoms with Gasteiger partial charge >= 0.3 is 0 Å². The summed E-state index contributed by atoms with van der Waals surface area (Å²) in [6.07, 6.45) is 0. The lowest BCUT2D eigenvalue weighted by atomic mass is 10.2. The van der Waals surface area contributed by atoms with E-state index in [0.717, 1.165) is 5.56 Å². The minimum absolute atomic E-state index is 0.371. The van der Waals surface area contributed by atoms with Crippen LogP contribution in [0.2, 0.25) is 0 Å². The summed E-state index contributed by atoms with van der Waals surface area (Å²) in [6, 6.07) is 7.28. The summed E-state index contributed by atoms with van der Waals surface area (Å²) in [7, 11) is -3.39. The molecule has 1 rings (SSSR count). The molecule has 19 heavy (non-hydrogen) atoms. The second-order valence-corrected chi connectivity index (χ2v) is 6.19. The van der Waals surface area contributed by atoms with Gasteiger partial charge in [0.1, 0.15) is 0 Å². The quantitative estimate of drug-likeness (QED) is 0.775. The van der Waals surface area contributed by atoms with Crippen LogP contribution in [0.4, 0.5) is 5.69 Å². The largest absolute Gasteiger partial charge is 0.399 e. The fourth-order valence-corrected chi connectivity index (χ4v) is 3.51. The Morgan fingerprint density at radius 3 is 1.84 bits per heavy atom. The molecule has 1 aromatic carbocycles. The summed E-state index contributed by atoms with van der Waals surface area (Å²) in [5.41, 5.74) is 7.24. The van der Waals surface area contributed by atoms with Crippen LogP contribution in [0.5, 0.6) is 0 Å². The summed E-state index contributed by atoms with van der Waals surface area (Å²) in [4.78, 5) is 0. The van der Waals surface area contributed by atoms with E-state index in [1.807, 2.05) is 32.9 Å². The lowest BCUT2D eigenvalue weighted by Crippen LogP contribution is -2.43. The summed E-state index contributed by atoms with van der Waals surface area (Å²) in [5.74, 6) is 0. The van der Waals surface area contributed by atoms with Gasteiger partial charge in [0.2, 0.25) is 0 Å². The summed E-state index contributed by atoms with van der Waals surface area (Å²) < 4.78 is 27.8. The van der Waals surface area contributed by atoms with Crippen LogP contribution in [0.1, 0.15) is 26.3 Å². The van der Waals surface area contributed by atoms with Crippen molar-refractivity contribution in [1.82, 2.24) is 8.61 Å². The zero-order valence-electron chi connectivity index (χ0n) is 11.8. The smallest absolute Gasteiger partial charge is 0.282 e. The van der Waals surface area contributed by atoms with E-state index >= 15 is 0 Å². The predicted octanol–water partition coefficient (Wildman–Crippen LogP) is 1.68. The molecule has 6 heteroatoms. The van der Waals surface area contributed by atoms with Gasteiger partial charge in [-0.25, -0.2) is 0 Å². The SMILES string of the molecule is CCN(CC)S(=O)(=O)N(CC)Cc1ccc(N)cc1. The van der Waals surface area contributed by atoms with Crippen molar-refractivity contribution >= 4 is 15.9 Å². The van der Waals surface area contributed by atoms with Gasteiger partial charge in [0.25, 0.3) is 10.2 Å². The Balaban J connectivity index is 2.91. The highest BCUT2D eigenvalue weighted by Gasteiger charge is 2.26. The fourth-order valence-electron chi connectivity index (χ4n) is 1.90. The highest BCUT2D eigenvalue weighted by molar-refractivity contribution is 7.86. The van der Waals surface area contributed by atoms with E-state index < -0.39 is 10.2 Å². The molecule has 0 aromatic heterocycles. The van der Waals surface area contributed by atoms with Crippen molar-refractivity contribution in [2.75, 3.05) is 25.4 Å². The van der Waals surface area contributed by atoms with E-state index in [9.17, 15) is 8.42 Å².